The number of nitrogens with one attached hydrogen (secondary N) is 1. The second-order valence-corrected chi connectivity index (χ2v) is 5.30. The number of hydrogen-bond acceptors (Lipinski definition) is 4. The standard InChI is InChI=1S/C11H11BrN2O2S/c12-7-3-9(17-6-7)5-14-11(15)10-2-1-8(4-13)16-10/h1-3,6H,4-5,13H2,(H,14,15). The molecule has 0 fully saturated rings. The fourth-order valence-corrected chi connectivity index (χ4v) is 2.70. The smallest absolute Gasteiger partial charge is 0.287 e. The molecule has 0 radical (unpaired) electrons. The van der Waals surface area contributed by atoms with Gasteiger partial charge in [0.25, 0.3) is 5.91 Å². The predicted molar refractivity (Wildman–Crippen MR) is 69.8 cm³/mol. The monoisotopic (exact) mass is 314 g/mol. The van der Waals surface area contributed by atoms with Gasteiger partial charge in [-0.2, -0.15) is 0 Å². The maximum absolute atomic E-state index is 11.7. The Morgan fingerprint density at radius 1 is 1.53 bits per heavy atom. The fraction of sp³-hybridized carbons (Fsp3) is 0.182. The lowest BCUT2D eigenvalue weighted by Gasteiger charge is -2.00. The van der Waals surface area contributed by atoms with Crippen LogP contribution in [0, 0.1) is 0 Å². The van der Waals surface area contributed by atoms with Gasteiger partial charge < -0.3 is 15.5 Å². The molecule has 0 saturated heterocycles. The van der Waals surface area contributed by atoms with Crippen LogP contribution in [0.25, 0.3) is 0 Å². The van der Waals surface area contributed by atoms with Crippen LogP contribution in [0.2, 0.25) is 0 Å². The molecule has 0 aromatic carbocycles. The topological polar surface area (TPSA) is 68.3 Å². The van der Waals surface area contributed by atoms with Gasteiger partial charge in [0.2, 0.25) is 0 Å². The van der Waals surface area contributed by atoms with Crippen molar-refractivity contribution in [3.05, 3.63) is 44.4 Å². The highest BCUT2D eigenvalue weighted by molar-refractivity contribution is 9.10. The lowest BCUT2D eigenvalue weighted by Crippen LogP contribution is -2.21. The Hall–Kier alpha value is -1.11. The Bertz CT molecular complexity index is 521. The van der Waals surface area contributed by atoms with E-state index in [1.54, 1.807) is 23.5 Å². The molecule has 3 N–H and O–H groups in total. The molecule has 90 valence electrons. The average molecular weight is 315 g/mol. The van der Waals surface area contributed by atoms with Gasteiger partial charge in [-0.1, -0.05) is 0 Å². The lowest BCUT2D eigenvalue weighted by molar-refractivity contribution is 0.0922. The van der Waals surface area contributed by atoms with Crippen LogP contribution in [-0.2, 0) is 13.1 Å². The molecule has 0 spiro atoms. The van der Waals surface area contributed by atoms with Crippen molar-refractivity contribution < 1.29 is 9.21 Å². The summed E-state index contributed by atoms with van der Waals surface area (Å²) in [6.07, 6.45) is 0. The SMILES string of the molecule is NCc1ccc(C(=O)NCc2cc(Br)cs2)o1. The van der Waals surface area contributed by atoms with Crippen molar-refractivity contribution in [2.24, 2.45) is 5.73 Å². The van der Waals surface area contributed by atoms with Gasteiger partial charge in [-0.05, 0) is 34.1 Å². The zero-order chi connectivity index (χ0) is 12.3. The van der Waals surface area contributed by atoms with Gasteiger partial charge in [0.05, 0.1) is 13.1 Å². The summed E-state index contributed by atoms with van der Waals surface area (Å²) < 4.78 is 6.27. The molecule has 0 saturated carbocycles. The number of rotatable bonds is 4. The van der Waals surface area contributed by atoms with Crippen LogP contribution in [0.3, 0.4) is 0 Å². The van der Waals surface area contributed by atoms with E-state index in [-0.39, 0.29) is 5.91 Å². The van der Waals surface area contributed by atoms with Crippen molar-refractivity contribution in [2.45, 2.75) is 13.1 Å². The van der Waals surface area contributed by atoms with Crippen LogP contribution in [-0.4, -0.2) is 5.91 Å². The van der Waals surface area contributed by atoms with Crippen LogP contribution < -0.4 is 11.1 Å². The van der Waals surface area contributed by atoms with E-state index >= 15 is 0 Å². The fourth-order valence-electron chi connectivity index (χ4n) is 1.31. The Morgan fingerprint density at radius 2 is 2.35 bits per heavy atom. The normalized spacial score (nSPS) is 10.5. The first-order valence-electron chi connectivity index (χ1n) is 4.99. The predicted octanol–water partition coefficient (Wildman–Crippen LogP) is 2.49. The molecule has 0 unspecified atom stereocenters. The van der Waals surface area contributed by atoms with Gasteiger partial charge in [0.1, 0.15) is 5.76 Å². The van der Waals surface area contributed by atoms with Gasteiger partial charge in [0, 0.05) is 14.7 Å². The molecular weight excluding hydrogens is 304 g/mol. The van der Waals surface area contributed by atoms with E-state index in [0.717, 1.165) is 9.35 Å². The number of halogens is 1. The van der Waals surface area contributed by atoms with Crippen LogP contribution in [0.1, 0.15) is 21.2 Å². The first-order chi connectivity index (χ1) is 8.19. The summed E-state index contributed by atoms with van der Waals surface area (Å²) in [4.78, 5) is 12.8. The molecular formula is C11H11BrN2O2S. The molecule has 2 heterocycles. The highest BCUT2D eigenvalue weighted by atomic mass is 79.9. The van der Waals surface area contributed by atoms with Gasteiger partial charge in [0.15, 0.2) is 5.76 Å². The second kappa shape index (κ2) is 5.48. The van der Waals surface area contributed by atoms with Crippen molar-refractivity contribution in [3.8, 4) is 0 Å². The Labute approximate surface area is 111 Å². The molecule has 4 nitrogen and oxygen atoms in total. The molecule has 2 rings (SSSR count). The minimum atomic E-state index is -0.228. The van der Waals surface area contributed by atoms with E-state index in [9.17, 15) is 4.79 Å². The summed E-state index contributed by atoms with van der Waals surface area (Å²) in [5.41, 5.74) is 5.40. The largest absolute Gasteiger partial charge is 0.455 e. The summed E-state index contributed by atoms with van der Waals surface area (Å²) in [5, 5.41) is 4.76. The Morgan fingerprint density at radius 3 is 2.94 bits per heavy atom. The van der Waals surface area contributed by atoms with E-state index in [4.69, 9.17) is 10.2 Å². The zero-order valence-electron chi connectivity index (χ0n) is 8.90. The molecule has 0 aliphatic carbocycles. The average Bonchev–Trinajstić information content (AvgIpc) is 2.94. The van der Waals surface area contributed by atoms with Crippen molar-refractivity contribution in [1.82, 2.24) is 5.32 Å². The van der Waals surface area contributed by atoms with Crippen LogP contribution in [0.15, 0.2) is 32.5 Å². The summed E-state index contributed by atoms with van der Waals surface area (Å²) in [7, 11) is 0. The first-order valence-corrected chi connectivity index (χ1v) is 6.66. The molecule has 0 bridgehead atoms. The summed E-state index contributed by atoms with van der Waals surface area (Å²) in [5.74, 6) is 0.671. The minimum Gasteiger partial charge on any atom is -0.455 e. The van der Waals surface area contributed by atoms with Gasteiger partial charge >= 0.3 is 0 Å². The maximum atomic E-state index is 11.7. The zero-order valence-corrected chi connectivity index (χ0v) is 11.3. The number of carbonyl (C=O) groups excluding carboxylic acids is 1. The maximum Gasteiger partial charge on any atom is 0.287 e. The van der Waals surface area contributed by atoms with Crippen molar-refractivity contribution >= 4 is 33.2 Å². The van der Waals surface area contributed by atoms with E-state index < -0.39 is 0 Å². The van der Waals surface area contributed by atoms with Crippen molar-refractivity contribution in [2.75, 3.05) is 0 Å². The third-order valence-electron chi connectivity index (χ3n) is 2.13. The molecule has 17 heavy (non-hydrogen) atoms. The van der Waals surface area contributed by atoms with Crippen LogP contribution in [0.4, 0.5) is 0 Å². The summed E-state index contributed by atoms with van der Waals surface area (Å²) in [6.45, 7) is 0.791. The van der Waals surface area contributed by atoms with Gasteiger partial charge in [-0.25, -0.2) is 0 Å². The number of hydrogen-bond donors (Lipinski definition) is 2. The summed E-state index contributed by atoms with van der Waals surface area (Å²) in [6, 6.07) is 5.30. The molecule has 6 heteroatoms. The molecule has 2 aromatic heterocycles. The first kappa shape index (κ1) is 12.3. The molecule has 0 aliphatic rings. The molecule has 2 aromatic rings. The molecule has 0 aliphatic heterocycles. The Kier molecular flexibility index (Phi) is 3.98. The number of amides is 1. The van der Waals surface area contributed by atoms with E-state index in [2.05, 4.69) is 21.2 Å². The third kappa shape index (κ3) is 3.18. The lowest BCUT2D eigenvalue weighted by atomic mass is 10.4. The number of furan rings is 1. The highest BCUT2D eigenvalue weighted by Gasteiger charge is 2.10. The van der Waals surface area contributed by atoms with Crippen LogP contribution >= 0.6 is 27.3 Å². The van der Waals surface area contributed by atoms with E-state index in [1.165, 1.54) is 0 Å². The second-order valence-electron chi connectivity index (χ2n) is 3.38. The van der Waals surface area contributed by atoms with Crippen molar-refractivity contribution in [1.29, 1.82) is 0 Å². The molecule has 0 atom stereocenters. The van der Waals surface area contributed by atoms with E-state index in [0.29, 0.717) is 24.6 Å². The van der Waals surface area contributed by atoms with Gasteiger partial charge in [-0.15, -0.1) is 11.3 Å². The van der Waals surface area contributed by atoms with E-state index in [1.807, 2.05) is 11.4 Å². The Balaban J connectivity index is 1.93. The summed E-state index contributed by atoms with van der Waals surface area (Å²) >= 11 is 4.95. The van der Waals surface area contributed by atoms with Crippen LogP contribution in [0.5, 0.6) is 0 Å². The highest BCUT2D eigenvalue weighted by Crippen LogP contribution is 2.19. The molecule has 1 amide bonds. The number of nitrogens with two attached hydrogens (primary N) is 1. The third-order valence-corrected chi connectivity index (χ3v) is 3.83. The number of carbonyl (C=O) groups is 1. The minimum absolute atomic E-state index is 0.228. The number of thiophene rings is 1. The van der Waals surface area contributed by atoms with Crippen molar-refractivity contribution in [3.63, 3.8) is 0 Å². The van der Waals surface area contributed by atoms with Gasteiger partial charge in [-0.3, -0.25) is 4.79 Å². The quantitative estimate of drug-likeness (QED) is 0.911.